The van der Waals surface area contributed by atoms with Gasteiger partial charge in [-0.3, -0.25) is 4.79 Å². The number of carbonyl (C=O) groups excluding carboxylic acids is 1. The monoisotopic (exact) mass is 350 g/mol. The first kappa shape index (κ1) is 16.8. The van der Waals surface area contributed by atoms with Gasteiger partial charge in [0.05, 0.1) is 6.04 Å². The molecule has 134 valence electrons. The van der Waals surface area contributed by atoms with Gasteiger partial charge in [0.15, 0.2) is 0 Å². The predicted octanol–water partition coefficient (Wildman–Crippen LogP) is 2.74. The van der Waals surface area contributed by atoms with E-state index in [1.165, 1.54) is 4.90 Å². The maximum absolute atomic E-state index is 12.7. The van der Waals surface area contributed by atoms with Crippen molar-refractivity contribution >= 4 is 11.9 Å². The van der Waals surface area contributed by atoms with Gasteiger partial charge in [-0.05, 0) is 47.6 Å². The summed E-state index contributed by atoms with van der Waals surface area (Å²) >= 11 is 0. The molecule has 1 saturated heterocycles. The van der Waals surface area contributed by atoms with Crippen LogP contribution in [0.4, 0.5) is 0 Å². The lowest BCUT2D eigenvalue weighted by molar-refractivity contribution is -0.155. The number of hydrogen-bond acceptors (Lipinski definition) is 3. The number of piperidine rings is 1. The van der Waals surface area contributed by atoms with Crippen molar-refractivity contribution in [3.05, 3.63) is 59.7 Å². The molecule has 0 radical (unpaired) electrons. The summed E-state index contributed by atoms with van der Waals surface area (Å²) in [6.45, 7) is 0. The summed E-state index contributed by atoms with van der Waals surface area (Å²) in [5, 5.41) is 9.62. The first-order valence-corrected chi connectivity index (χ1v) is 9.04. The molecule has 3 N–H and O–H groups in total. The molecule has 3 unspecified atom stereocenters. The maximum atomic E-state index is 12.7. The lowest BCUT2D eigenvalue weighted by Gasteiger charge is -2.43. The largest absolute Gasteiger partial charge is 0.480 e. The molecule has 0 spiro atoms. The van der Waals surface area contributed by atoms with Crippen LogP contribution in [0.3, 0.4) is 0 Å². The van der Waals surface area contributed by atoms with Gasteiger partial charge >= 0.3 is 5.97 Å². The lowest BCUT2D eigenvalue weighted by Crippen LogP contribution is -2.55. The molecule has 3 atom stereocenters. The molecule has 5 heteroatoms. The molecule has 26 heavy (non-hydrogen) atoms. The average Bonchev–Trinajstić information content (AvgIpc) is 2.80. The zero-order valence-electron chi connectivity index (χ0n) is 14.5. The quantitative estimate of drug-likeness (QED) is 0.872. The summed E-state index contributed by atoms with van der Waals surface area (Å²) in [6.07, 6.45) is 1.95. The lowest BCUT2D eigenvalue weighted by atomic mass is 9.84. The predicted molar refractivity (Wildman–Crippen MR) is 98.4 cm³/mol. The van der Waals surface area contributed by atoms with Gasteiger partial charge in [0, 0.05) is 12.5 Å². The zero-order chi connectivity index (χ0) is 18.3. The number of aliphatic carboxylic acids is 1. The van der Waals surface area contributed by atoms with Crippen LogP contribution in [0.25, 0.3) is 11.1 Å². The average molecular weight is 350 g/mol. The van der Waals surface area contributed by atoms with Gasteiger partial charge in [0.2, 0.25) is 5.91 Å². The molecule has 0 bridgehead atoms. The molecule has 1 amide bonds. The molecule has 4 rings (SSSR count). The van der Waals surface area contributed by atoms with E-state index in [2.05, 4.69) is 18.2 Å². The highest BCUT2D eigenvalue weighted by Gasteiger charge is 2.44. The third-order valence-corrected chi connectivity index (χ3v) is 5.57. The Kier molecular flexibility index (Phi) is 4.24. The fourth-order valence-corrected chi connectivity index (χ4v) is 4.28. The molecule has 1 fully saturated rings. The van der Waals surface area contributed by atoms with Crippen LogP contribution < -0.4 is 5.73 Å². The van der Waals surface area contributed by atoms with Gasteiger partial charge < -0.3 is 15.7 Å². The summed E-state index contributed by atoms with van der Waals surface area (Å²) in [5.41, 5.74) is 10.6. The Morgan fingerprint density at radius 1 is 1.04 bits per heavy atom. The third kappa shape index (κ3) is 2.78. The molecule has 0 saturated carbocycles. The second-order valence-corrected chi connectivity index (χ2v) is 7.12. The minimum Gasteiger partial charge on any atom is -0.480 e. The van der Waals surface area contributed by atoms with Gasteiger partial charge in [-0.2, -0.15) is 0 Å². The number of carboxylic acids is 1. The Labute approximate surface area is 152 Å². The molecular weight excluding hydrogens is 328 g/mol. The number of carboxylic acid groups (broad SMARTS) is 1. The minimum absolute atomic E-state index is 0.116. The van der Waals surface area contributed by atoms with E-state index in [-0.39, 0.29) is 18.0 Å². The van der Waals surface area contributed by atoms with Crippen molar-refractivity contribution in [1.82, 2.24) is 4.90 Å². The number of benzene rings is 2. The van der Waals surface area contributed by atoms with Crippen molar-refractivity contribution in [3.8, 4) is 11.1 Å². The topological polar surface area (TPSA) is 83.6 Å². The van der Waals surface area contributed by atoms with E-state index in [1.54, 1.807) is 0 Å². The van der Waals surface area contributed by atoms with Crippen LogP contribution in [0.15, 0.2) is 48.5 Å². The first-order valence-electron chi connectivity index (χ1n) is 9.04. The molecule has 2 aliphatic rings. The summed E-state index contributed by atoms with van der Waals surface area (Å²) in [5.74, 6) is -1.06. The summed E-state index contributed by atoms with van der Waals surface area (Å²) in [7, 11) is 0. The van der Waals surface area contributed by atoms with E-state index in [1.807, 2.05) is 30.3 Å². The minimum atomic E-state index is -0.946. The second-order valence-electron chi connectivity index (χ2n) is 7.12. The fraction of sp³-hybridized carbons (Fsp3) is 0.333. The molecule has 0 aromatic heterocycles. The Bertz CT molecular complexity index is 850. The number of nitrogens with two attached hydrogens (primary N) is 1. The standard InChI is InChI=1S/C21H22N2O3/c22-17-9-10-18(21(25)26)23-19(24)11-8-14-6-7-15(12-16(14)20(17)23)13-4-2-1-3-5-13/h1-7,12,17-18,20H,8-11,22H2,(H,25,26). The highest BCUT2D eigenvalue weighted by Crippen LogP contribution is 2.40. The van der Waals surface area contributed by atoms with Crippen LogP contribution in [-0.2, 0) is 16.0 Å². The van der Waals surface area contributed by atoms with Crippen LogP contribution in [0, 0.1) is 0 Å². The second kappa shape index (κ2) is 6.57. The van der Waals surface area contributed by atoms with Crippen molar-refractivity contribution in [2.24, 2.45) is 5.73 Å². The summed E-state index contributed by atoms with van der Waals surface area (Å²) in [6, 6.07) is 14.8. The Balaban J connectivity index is 1.84. The molecule has 2 aromatic rings. The van der Waals surface area contributed by atoms with Crippen molar-refractivity contribution in [2.75, 3.05) is 0 Å². The van der Waals surface area contributed by atoms with E-state index in [0.717, 1.165) is 22.3 Å². The van der Waals surface area contributed by atoms with E-state index >= 15 is 0 Å². The van der Waals surface area contributed by atoms with Crippen LogP contribution >= 0.6 is 0 Å². The van der Waals surface area contributed by atoms with E-state index in [4.69, 9.17) is 5.73 Å². The van der Waals surface area contributed by atoms with Crippen LogP contribution in [0.5, 0.6) is 0 Å². The highest BCUT2D eigenvalue weighted by atomic mass is 16.4. The number of hydrogen-bond donors (Lipinski definition) is 2. The normalized spacial score (nSPS) is 25.2. The van der Waals surface area contributed by atoms with Crippen LogP contribution in [-0.4, -0.2) is 34.0 Å². The smallest absolute Gasteiger partial charge is 0.326 e. The maximum Gasteiger partial charge on any atom is 0.326 e. The van der Waals surface area contributed by atoms with Gasteiger partial charge in [0.25, 0.3) is 0 Å². The van der Waals surface area contributed by atoms with E-state index < -0.39 is 12.0 Å². The van der Waals surface area contributed by atoms with Crippen LogP contribution in [0.2, 0.25) is 0 Å². The van der Waals surface area contributed by atoms with E-state index in [0.29, 0.717) is 25.7 Å². The van der Waals surface area contributed by atoms with Crippen molar-refractivity contribution in [2.45, 2.75) is 43.8 Å². The van der Waals surface area contributed by atoms with Gasteiger partial charge in [-0.1, -0.05) is 42.5 Å². The number of amides is 1. The number of rotatable bonds is 2. The van der Waals surface area contributed by atoms with Crippen LogP contribution in [0.1, 0.15) is 36.4 Å². The van der Waals surface area contributed by atoms with Crippen molar-refractivity contribution in [1.29, 1.82) is 0 Å². The number of fused-ring (bicyclic) bond motifs is 3. The fourth-order valence-electron chi connectivity index (χ4n) is 4.28. The molecular formula is C21H22N2O3. The number of carbonyl (C=O) groups is 2. The Hall–Kier alpha value is -2.66. The molecule has 2 aromatic carbocycles. The molecule has 2 aliphatic heterocycles. The highest BCUT2D eigenvalue weighted by molar-refractivity contribution is 5.85. The van der Waals surface area contributed by atoms with Crippen molar-refractivity contribution < 1.29 is 14.7 Å². The van der Waals surface area contributed by atoms with Gasteiger partial charge in [-0.25, -0.2) is 4.79 Å². The summed E-state index contributed by atoms with van der Waals surface area (Å²) < 4.78 is 0. The van der Waals surface area contributed by atoms with Gasteiger partial charge in [0.1, 0.15) is 6.04 Å². The van der Waals surface area contributed by atoms with Crippen molar-refractivity contribution in [3.63, 3.8) is 0 Å². The Morgan fingerprint density at radius 2 is 1.81 bits per heavy atom. The number of aryl methyl sites for hydroxylation is 1. The van der Waals surface area contributed by atoms with E-state index in [9.17, 15) is 14.7 Å². The number of nitrogens with zero attached hydrogens (tertiary/aromatic N) is 1. The molecule has 5 nitrogen and oxygen atoms in total. The summed E-state index contributed by atoms with van der Waals surface area (Å²) in [4.78, 5) is 26.0. The first-order chi connectivity index (χ1) is 12.6. The SMILES string of the molecule is NC1CCC(C(=O)O)N2C(=O)CCc3ccc(-c4ccccc4)cc3C12. The van der Waals surface area contributed by atoms with Gasteiger partial charge in [-0.15, -0.1) is 0 Å². The molecule has 2 heterocycles. The zero-order valence-corrected chi connectivity index (χ0v) is 14.5. The third-order valence-electron chi connectivity index (χ3n) is 5.57. The Morgan fingerprint density at radius 3 is 2.54 bits per heavy atom. The molecule has 0 aliphatic carbocycles.